The van der Waals surface area contributed by atoms with Crippen molar-refractivity contribution in [1.29, 1.82) is 0 Å². The molecule has 0 saturated heterocycles. The zero-order valence-electron chi connectivity index (χ0n) is 16.8. The molecule has 6 heteroatoms. The molecule has 0 aliphatic heterocycles. The van der Waals surface area contributed by atoms with Gasteiger partial charge in [0, 0.05) is 5.92 Å². The Morgan fingerprint density at radius 3 is 1.96 bits per heavy atom. The van der Waals surface area contributed by atoms with Crippen molar-refractivity contribution in [3.63, 3.8) is 0 Å². The summed E-state index contributed by atoms with van der Waals surface area (Å²) in [6.45, 7) is 2.15. The molecule has 1 aromatic rings. The Hall–Kier alpha value is -1.11. The van der Waals surface area contributed by atoms with Crippen molar-refractivity contribution >= 4 is 0 Å². The molecule has 0 fully saturated rings. The second-order valence-electron chi connectivity index (χ2n) is 7.74. The number of hydrogen-bond acceptors (Lipinski definition) is 3. The van der Waals surface area contributed by atoms with Crippen molar-refractivity contribution in [3.8, 4) is 0 Å². The summed E-state index contributed by atoms with van der Waals surface area (Å²) in [5.41, 5.74) is 0.0221. The first kappa shape index (κ1) is 24.9. The van der Waals surface area contributed by atoms with E-state index in [1.165, 1.54) is 31.4 Å². The summed E-state index contributed by atoms with van der Waals surface area (Å²) >= 11 is 0. The SMILES string of the molecule is CCCCCCCCC(CCCCCc1cccc(C(F)(F)F)c1)C(O)(O)O. The minimum Gasteiger partial charge on any atom is -0.343 e. The lowest BCUT2D eigenvalue weighted by Gasteiger charge is -2.26. The van der Waals surface area contributed by atoms with E-state index in [9.17, 15) is 28.5 Å². The largest absolute Gasteiger partial charge is 0.416 e. The van der Waals surface area contributed by atoms with Crippen LogP contribution in [0.15, 0.2) is 24.3 Å². The number of unbranched alkanes of at least 4 members (excludes halogenated alkanes) is 7. The third kappa shape index (κ3) is 10.4. The van der Waals surface area contributed by atoms with Gasteiger partial charge >= 0.3 is 6.18 Å². The van der Waals surface area contributed by atoms with Gasteiger partial charge in [-0.05, 0) is 37.3 Å². The lowest BCUT2D eigenvalue weighted by molar-refractivity contribution is -0.344. The van der Waals surface area contributed by atoms with Gasteiger partial charge < -0.3 is 15.3 Å². The molecule has 1 rings (SSSR count). The first-order valence-corrected chi connectivity index (χ1v) is 10.5. The minimum absolute atomic E-state index is 0.487. The molecule has 0 amide bonds. The minimum atomic E-state index is -4.33. The summed E-state index contributed by atoms with van der Waals surface area (Å²) in [7, 11) is 0. The fourth-order valence-corrected chi connectivity index (χ4v) is 3.50. The molecule has 1 atom stereocenters. The average Bonchev–Trinajstić information content (AvgIpc) is 2.61. The van der Waals surface area contributed by atoms with E-state index in [0.29, 0.717) is 31.2 Å². The summed E-state index contributed by atoms with van der Waals surface area (Å²) in [5, 5.41) is 28.7. The standard InChI is InChI=1S/C22H35F3O3/c1-2-3-4-5-6-9-14-19(22(26,27)28)15-10-7-8-12-18-13-11-16-20(17-18)21(23,24)25/h11,13,16-17,19,26-28H,2-10,12,14-15H2,1H3. The van der Waals surface area contributed by atoms with Crippen LogP contribution in [0.25, 0.3) is 0 Å². The van der Waals surface area contributed by atoms with Gasteiger partial charge in [0.05, 0.1) is 5.56 Å². The number of aliphatic hydroxyl groups is 3. The molecule has 0 saturated carbocycles. The van der Waals surface area contributed by atoms with Crippen molar-refractivity contribution in [2.45, 2.75) is 96.1 Å². The number of hydrogen-bond donors (Lipinski definition) is 3. The number of aryl methyl sites for hydroxylation is 1. The second-order valence-corrected chi connectivity index (χ2v) is 7.74. The average molecular weight is 405 g/mol. The van der Waals surface area contributed by atoms with Crippen LogP contribution in [0.3, 0.4) is 0 Å². The van der Waals surface area contributed by atoms with Gasteiger partial charge in [0.15, 0.2) is 0 Å². The highest BCUT2D eigenvalue weighted by Crippen LogP contribution is 2.30. The third-order valence-electron chi connectivity index (χ3n) is 5.23. The first-order valence-electron chi connectivity index (χ1n) is 10.5. The predicted molar refractivity (Wildman–Crippen MR) is 104 cm³/mol. The van der Waals surface area contributed by atoms with E-state index >= 15 is 0 Å². The van der Waals surface area contributed by atoms with Crippen molar-refractivity contribution in [3.05, 3.63) is 35.4 Å². The molecule has 0 aromatic heterocycles. The van der Waals surface area contributed by atoms with Gasteiger partial charge in [0.1, 0.15) is 0 Å². The Kier molecular flexibility index (Phi) is 11.1. The Morgan fingerprint density at radius 1 is 0.821 bits per heavy atom. The van der Waals surface area contributed by atoms with Crippen molar-refractivity contribution in [2.75, 3.05) is 0 Å². The predicted octanol–water partition coefficient (Wildman–Crippen LogP) is 5.81. The monoisotopic (exact) mass is 404 g/mol. The lowest BCUT2D eigenvalue weighted by Crippen LogP contribution is -2.37. The molecule has 28 heavy (non-hydrogen) atoms. The van der Waals surface area contributed by atoms with Crippen LogP contribution in [0.5, 0.6) is 0 Å². The molecule has 0 heterocycles. The van der Waals surface area contributed by atoms with Crippen LogP contribution < -0.4 is 0 Å². The quantitative estimate of drug-likeness (QED) is 0.271. The lowest BCUT2D eigenvalue weighted by atomic mass is 9.92. The Labute approximate surface area is 166 Å². The van der Waals surface area contributed by atoms with Crippen molar-refractivity contribution in [1.82, 2.24) is 0 Å². The van der Waals surface area contributed by atoms with Gasteiger partial charge in [0.2, 0.25) is 0 Å². The molecule has 1 aromatic carbocycles. The Morgan fingerprint density at radius 2 is 1.39 bits per heavy atom. The van der Waals surface area contributed by atoms with Crippen LogP contribution in [0.2, 0.25) is 0 Å². The van der Waals surface area contributed by atoms with E-state index in [2.05, 4.69) is 6.92 Å². The van der Waals surface area contributed by atoms with Gasteiger partial charge in [-0.1, -0.05) is 76.5 Å². The van der Waals surface area contributed by atoms with Gasteiger partial charge in [-0.15, -0.1) is 0 Å². The van der Waals surface area contributed by atoms with E-state index in [-0.39, 0.29) is 0 Å². The van der Waals surface area contributed by atoms with E-state index in [1.54, 1.807) is 6.07 Å². The Balaban J connectivity index is 2.30. The highest BCUT2D eigenvalue weighted by Gasteiger charge is 2.31. The number of rotatable bonds is 14. The third-order valence-corrected chi connectivity index (χ3v) is 5.23. The molecule has 1 unspecified atom stereocenters. The normalized spacial score (nSPS) is 13.7. The molecule has 0 aliphatic rings. The van der Waals surface area contributed by atoms with E-state index in [0.717, 1.165) is 38.2 Å². The summed E-state index contributed by atoms with van der Waals surface area (Å²) in [6, 6.07) is 5.37. The summed E-state index contributed by atoms with van der Waals surface area (Å²) < 4.78 is 38.2. The molecule has 0 aliphatic carbocycles. The maximum atomic E-state index is 12.7. The van der Waals surface area contributed by atoms with Gasteiger partial charge in [-0.2, -0.15) is 13.2 Å². The van der Waals surface area contributed by atoms with Crippen LogP contribution in [0.4, 0.5) is 13.2 Å². The number of alkyl halides is 3. The zero-order valence-corrected chi connectivity index (χ0v) is 16.8. The molecule has 0 spiro atoms. The topological polar surface area (TPSA) is 60.7 Å². The Bertz CT molecular complexity index is 539. The molecule has 0 bridgehead atoms. The molecule has 3 N–H and O–H groups in total. The number of benzene rings is 1. The van der Waals surface area contributed by atoms with E-state index in [1.807, 2.05) is 0 Å². The zero-order chi connectivity index (χ0) is 21.0. The van der Waals surface area contributed by atoms with Crippen molar-refractivity contribution < 1.29 is 28.5 Å². The maximum Gasteiger partial charge on any atom is 0.416 e. The number of halogens is 3. The van der Waals surface area contributed by atoms with Crippen LogP contribution in [-0.4, -0.2) is 21.3 Å². The van der Waals surface area contributed by atoms with Crippen LogP contribution in [0, 0.1) is 5.92 Å². The molecule has 162 valence electrons. The maximum absolute atomic E-state index is 12.7. The van der Waals surface area contributed by atoms with E-state index < -0.39 is 23.6 Å². The molecule has 0 radical (unpaired) electrons. The molecular weight excluding hydrogens is 369 g/mol. The van der Waals surface area contributed by atoms with E-state index in [4.69, 9.17) is 0 Å². The van der Waals surface area contributed by atoms with Gasteiger partial charge in [0.25, 0.3) is 5.97 Å². The summed E-state index contributed by atoms with van der Waals surface area (Å²) in [4.78, 5) is 0. The fraction of sp³-hybridized carbons (Fsp3) is 0.727. The smallest absolute Gasteiger partial charge is 0.343 e. The molecule has 3 nitrogen and oxygen atoms in total. The van der Waals surface area contributed by atoms with Crippen LogP contribution >= 0.6 is 0 Å². The molecular formula is C22H35F3O3. The second kappa shape index (κ2) is 12.5. The summed E-state index contributed by atoms with van der Waals surface area (Å²) in [6.07, 6.45) is 6.00. The van der Waals surface area contributed by atoms with Crippen LogP contribution in [-0.2, 0) is 12.6 Å². The summed E-state index contributed by atoms with van der Waals surface area (Å²) in [5.74, 6) is -3.25. The highest BCUT2D eigenvalue weighted by molar-refractivity contribution is 5.25. The first-order chi connectivity index (χ1) is 13.1. The highest BCUT2D eigenvalue weighted by atomic mass is 19.4. The van der Waals surface area contributed by atoms with Gasteiger partial charge in [-0.3, -0.25) is 0 Å². The van der Waals surface area contributed by atoms with Crippen molar-refractivity contribution in [2.24, 2.45) is 5.92 Å². The fourth-order valence-electron chi connectivity index (χ4n) is 3.50. The van der Waals surface area contributed by atoms with Crippen LogP contribution in [0.1, 0.15) is 88.7 Å². The van der Waals surface area contributed by atoms with Gasteiger partial charge in [-0.25, -0.2) is 0 Å².